The Morgan fingerprint density at radius 1 is 1.27 bits per heavy atom. The number of nitro groups is 1. The highest BCUT2D eigenvalue weighted by Crippen LogP contribution is 2.35. The molecule has 0 N–H and O–H groups in total. The number of aryl methyl sites for hydroxylation is 1. The Morgan fingerprint density at radius 2 is 2.00 bits per heavy atom. The van der Waals surface area contributed by atoms with E-state index >= 15 is 0 Å². The molecule has 1 heterocycles. The van der Waals surface area contributed by atoms with E-state index in [0.29, 0.717) is 20.1 Å². The van der Waals surface area contributed by atoms with Crippen LogP contribution in [0.15, 0.2) is 52.8 Å². The Labute approximate surface area is 187 Å². The van der Waals surface area contributed by atoms with Gasteiger partial charge in [0.15, 0.2) is 5.16 Å². The zero-order chi connectivity index (χ0) is 22.0. The van der Waals surface area contributed by atoms with Crippen LogP contribution >= 0.6 is 35.0 Å². The molecule has 0 saturated carbocycles. The van der Waals surface area contributed by atoms with Crippen molar-refractivity contribution in [2.45, 2.75) is 23.0 Å². The second kappa shape index (κ2) is 9.03. The molecule has 3 rings (SSSR count). The molecule has 156 valence electrons. The molecule has 0 bridgehead atoms. The van der Waals surface area contributed by atoms with Crippen LogP contribution in [0.5, 0.6) is 0 Å². The Hall–Kier alpha value is -2.62. The van der Waals surface area contributed by atoms with E-state index in [1.54, 1.807) is 49.0 Å². The fourth-order valence-corrected chi connectivity index (χ4v) is 4.19. The van der Waals surface area contributed by atoms with Gasteiger partial charge in [-0.15, -0.1) is 10.2 Å². The van der Waals surface area contributed by atoms with E-state index in [2.05, 4.69) is 10.2 Å². The van der Waals surface area contributed by atoms with Crippen LogP contribution in [0.3, 0.4) is 0 Å². The summed E-state index contributed by atoms with van der Waals surface area (Å²) in [6.07, 6.45) is 1.50. The molecular weight excluding hydrogens is 449 g/mol. The van der Waals surface area contributed by atoms with E-state index in [1.807, 2.05) is 6.92 Å². The van der Waals surface area contributed by atoms with Crippen LogP contribution in [-0.2, 0) is 7.05 Å². The second-order valence-electron chi connectivity index (χ2n) is 6.52. The Bertz CT molecular complexity index is 1120. The lowest BCUT2D eigenvalue weighted by Crippen LogP contribution is -2.29. The lowest BCUT2D eigenvalue weighted by Gasteiger charge is -2.26. The van der Waals surface area contributed by atoms with Gasteiger partial charge >= 0.3 is 0 Å². The van der Waals surface area contributed by atoms with E-state index < -0.39 is 4.92 Å². The topological polar surface area (TPSA) is 94.2 Å². The summed E-state index contributed by atoms with van der Waals surface area (Å²) in [5, 5.41) is 20.7. The van der Waals surface area contributed by atoms with E-state index in [9.17, 15) is 14.9 Å². The Kier molecular flexibility index (Phi) is 6.64. The Balaban J connectivity index is 1.89. The first-order valence-electron chi connectivity index (χ1n) is 8.71. The number of hydrogen-bond acceptors (Lipinski definition) is 6. The molecular formula is C19H17Cl2N5O3S. The summed E-state index contributed by atoms with van der Waals surface area (Å²) in [5.41, 5.74) is 0.740. The molecule has 11 heteroatoms. The molecule has 1 aromatic heterocycles. The molecule has 0 aliphatic heterocycles. The summed E-state index contributed by atoms with van der Waals surface area (Å²) in [6.45, 7) is 1.82. The van der Waals surface area contributed by atoms with Crippen LogP contribution in [0.2, 0.25) is 10.0 Å². The highest BCUT2D eigenvalue weighted by atomic mass is 35.5. The van der Waals surface area contributed by atoms with Gasteiger partial charge in [-0.05, 0) is 48.5 Å². The number of benzene rings is 2. The van der Waals surface area contributed by atoms with E-state index in [4.69, 9.17) is 23.2 Å². The minimum absolute atomic E-state index is 0.181. The molecule has 30 heavy (non-hydrogen) atoms. The molecule has 0 spiro atoms. The fraction of sp³-hybridized carbons (Fsp3) is 0.211. The summed E-state index contributed by atoms with van der Waals surface area (Å²) in [6, 6.07) is 9.06. The largest absolute Gasteiger partial charge is 0.335 e. The van der Waals surface area contributed by atoms with E-state index in [-0.39, 0.29) is 23.2 Å². The second-order valence-corrected chi connectivity index (χ2v) is 8.38. The summed E-state index contributed by atoms with van der Waals surface area (Å²) < 4.78 is 1.65. The number of nitro benzene ring substituents is 1. The molecule has 8 nitrogen and oxygen atoms in total. The van der Waals surface area contributed by atoms with Crippen molar-refractivity contribution in [3.05, 3.63) is 74.0 Å². The molecule has 0 aliphatic rings. The molecule has 0 radical (unpaired) electrons. The Morgan fingerprint density at radius 3 is 2.60 bits per heavy atom. The standard InChI is InChI=1S/C19H17Cl2N5O3S/c1-11(14-6-5-13(20)9-15(14)21)25(3)18(27)12-4-7-17(16(8-12)26(28)29)30-19-23-22-10-24(19)2/h4-11H,1-3H3. The van der Waals surface area contributed by atoms with Gasteiger partial charge in [-0.25, -0.2) is 0 Å². The number of halogens is 2. The molecule has 1 atom stereocenters. The predicted molar refractivity (Wildman–Crippen MR) is 115 cm³/mol. The molecule has 2 aromatic carbocycles. The van der Waals surface area contributed by atoms with Gasteiger partial charge in [0.05, 0.1) is 15.9 Å². The van der Waals surface area contributed by atoms with Crippen molar-refractivity contribution in [3.8, 4) is 0 Å². The van der Waals surface area contributed by atoms with E-state index in [0.717, 1.165) is 17.3 Å². The maximum atomic E-state index is 13.0. The summed E-state index contributed by atoms with van der Waals surface area (Å²) in [4.78, 5) is 25.9. The summed E-state index contributed by atoms with van der Waals surface area (Å²) in [5.74, 6) is -0.369. The van der Waals surface area contributed by atoms with Crippen LogP contribution in [-0.4, -0.2) is 37.5 Å². The molecule has 3 aromatic rings. The van der Waals surface area contributed by atoms with Gasteiger partial charge < -0.3 is 9.47 Å². The minimum Gasteiger partial charge on any atom is -0.335 e. The van der Waals surface area contributed by atoms with Gasteiger partial charge in [-0.3, -0.25) is 14.9 Å². The number of carbonyl (C=O) groups excluding carboxylic acids is 1. The highest BCUT2D eigenvalue weighted by Gasteiger charge is 2.25. The zero-order valence-electron chi connectivity index (χ0n) is 16.2. The predicted octanol–water partition coefficient (Wildman–Crippen LogP) is 5.01. The molecule has 0 saturated heterocycles. The first-order chi connectivity index (χ1) is 14.2. The van der Waals surface area contributed by atoms with Gasteiger partial charge in [0, 0.05) is 35.8 Å². The smallest absolute Gasteiger partial charge is 0.284 e. The number of nitrogens with zero attached hydrogens (tertiary/aromatic N) is 5. The highest BCUT2D eigenvalue weighted by molar-refractivity contribution is 7.99. The summed E-state index contributed by atoms with van der Waals surface area (Å²) >= 11 is 13.3. The average molecular weight is 466 g/mol. The average Bonchev–Trinajstić information content (AvgIpc) is 3.11. The SMILES string of the molecule is CC(c1ccc(Cl)cc1Cl)N(C)C(=O)c1ccc(Sc2nncn2C)c([N+](=O)[O-])c1. The lowest BCUT2D eigenvalue weighted by molar-refractivity contribution is -0.387. The molecule has 1 unspecified atom stereocenters. The van der Waals surface area contributed by atoms with Crippen molar-refractivity contribution in [1.82, 2.24) is 19.7 Å². The van der Waals surface area contributed by atoms with Crippen LogP contribution in [0.1, 0.15) is 28.9 Å². The van der Waals surface area contributed by atoms with Gasteiger partial charge in [0.25, 0.3) is 11.6 Å². The van der Waals surface area contributed by atoms with Crippen molar-refractivity contribution in [2.75, 3.05) is 7.05 Å². The van der Waals surface area contributed by atoms with Gasteiger partial charge in [0.2, 0.25) is 0 Å². The molecule has 0 aliphatic carbocycles. The quantitative estimate of drug-likeness (QED) is 0.374. The van der Waals surface area contributed by atoms with Crippen molar-refractivity contribution in [3.63, 3.8) is 0 Å². The normalized spacial score (nSPS) is 11.9. The first-order valence-corrected chi connectivity index (χ1v) is 10.3. The molecule has 1 amide bonds. The van der Waals surface area contributed by atoms with Crippen LogP contribution < -0.4 is 0 Å². The van der Waals surface area contributed by atoms with Gasteiger partial charge in [-0.2, -0.15) is 0 Å². The third-order valence-electron chi connectivity index (χ3n) is 4.59. The van der Waals surface area contributed by atoms with Gasteiger partial charge in [0.1, 0.15) is 6.33 Å². The van der Waals surface area contributed by atoms with E-state index in [1.165, 1.54) is 17.3 Å². The zero-order valence-corrected chi connectivity index (χ0v) is 18.6. The minimum atomic E-state index is -0.519. The van der Waals surface area contributed by atoms with Gasteiger partial charge in [-0.1, -0.05) is 29.3 Å². The number of aromatic nitrogens is 3. The number of hydrogen-bond donors (Lipinski definition) is 0. The third kappa shape index (κ3) is 4.58. The monoisotopic (exact) mass is 465 g/mol. The van der Waals surface area contributed by atoms with Crippen molar-refractivity contribution in [1.29, 1.82) is 0 Å². The number of rotatable bonds is 6. The van der Waals surface area contributed by atoms with Crippen LogP contribution in [0.4, 0.5) is 5.69 Å². The van der Waals surface area contributed by atoms with Crippen LogP contribution in [0, 0.1) is 10.1 Å². The lowest BCUT2D eigenvalue weighted by atomic mass is 10.1. The first kappa shape index (κ1) is 22.1. The number of carbonyl (C=O) groups is 1. The summed E-state index contributed by atoms with van der Waals surface area (Å²) in [7, 11) is 3.36. The maximum absolute atomic E-state index is 13.0. The van der Waals surface area contributed by atoms with Crippen molar-refractivity contribution >= 4 is 46.6 Å². The fourth-order valence-electron chi connectivity index (χ4n) is 2.77. The third-order valence-corrected chi connectivity index (χ3v) is 6.27. The van der Waals surface area contributed by atoms with Crippen molar-refractivity contribution in [2.24, 2.45) is 7.05 Å². The van der Waals surface area contributed by atoms with Crippen LogP contribution in [0.25, 0.3) is 0 Å². The number of amides is 1. The van der Waals surface area contributed by atoms with Crippen molar-refractivity contribution < 1.29 is 9.72 Å². The maximum Gasteiger partial charge on any atom is 0.284 e. The molecule has 0 fully saturated rings.